The van der Waals surface area contributed by atoms with Crippen molar-refractivity contribution in [2.24, 2.45) is 5.73 Å². The molecule has 9 nitrogen and oxygen atoms in total. The van der Waals surface area contributed by atoms with Crippen LogP contribution in [0.1, 0.15) is 17.0 Å². The van der Waals surface area contributed by atoms with E-state index in [1.165, 1.54) is 6.21 Å². The topological polar surface area (TPSA) is 150 Å². The van der Waals surface area contributed by atoms with Crippen molar-refractivity contribution >= 4 is 39.7 Å². The van der Waals surface area contributed by atoms with Gasteiger partial charge in [-0.15, -0.1) is 0 Å². The first-order valence-electron chi connectivity index (χ1n) is 11.8. The molecule has 180 valence electrons. The fraction of sp³-hybridized carbons (Fsp3) is 0.0714. The number of aromatic nitrogens is 4. The van der Waals surface area contributed by atoms with E-state index in [0.29, 0.717) is 22.9 Å². The normalized spacial score (nSPS) is 18.0. The predicted molar refractivity (Wildman–Crippen MR) is 142 cm³/mol. The van der Waals surface area contributed by atoms with Crippen LogP contribution < -0.4 is 15.2 Å². The molecule has 2 aliphatic rings. The highest BCUT2D eigenvalue weighted by atomic mass is 16.6. The second-order valence-electron chi connectivity index (χ2n) is 9.04. The van der Waals surface area contributed by atoms with Gasteiger partial charge in [-0.05, 0) is 66.2 Å². The number of nitrogen functional groups attached to an aromatic ring is 1. The zero-order chi connectivity index (χ0) is 25.1. The maximum atomic E-state index is 7.66. The summed E-state index contributed by atoms with van der Waals surface area (Å²) in [5.41, 5.74) is 12.1. The van der Waals surface area contributed by atoms with Crippen molar-refractivity contribution in [3.8, 4) is 22.9 Å². The Bertz CT molecular complexity index is 1810. The lowest BCUT2D eigenvalue weighted by molar-refractivity contribution is 0.0761. The molecule has 0 spiro atoms. The lowest BCUT2D eigenvalue weighted by Crippen LogP contribution is -2.38. The highest BCUT2D eigenvalue weighted by Crippen LogP contribution is 2.39. The summed E-state index contributed by atoms with van der Waals surface area (Å²) in [4.78, 5) is 16.1. The molecule has 2 aromatic heterocycles. The third-order valence-electron chi connectivity index (χ3n) is 6.62. The molecular formula is C28H21N7O2. The zero-order valence-electron chi connectivity index (χ0n) is 19.4. The van der Waals surface area contributed by atoms with Crippen LogP contribution in [-0.2, 0) is 0 Å². The van der Waals surface area contributed by atoms with E-state index in [1.54, 1.807) is 12.1 Å². The molecule has 7 rings (SSSR count). The minimum absolute atomic E-state index is 0.00983. The first kappa shape index (κ1) is 21.1. The molecule has 0 amide bonds. The highest BCUT2D eigenvalue weighted by Gasteiger charge is 2.31. The monoisotopic (exact) mass is 487 g/mol. The zero-order valence-corrected chi connectivity index (χ0v) is 19.4. The first-order chi connectivity index (χ1) is 18.0. The Morgan fingerprint density at radius 2 is 1.62 bits per heavy atom. The van der Waals surface area contributed by atoms with Gasteiger partial charge in [-0.1, -0.05) is 12.1 Å². The van der Waals surface area contributed by atoms with Crippen molar-refractivity contribution in [1.82, 2.24) is 19.9 Å². The number of fused-ring (bicyclic) bond motifs is 4. The van der Waals surface area contributed by atoms with E-state index in [0.717, 1.165) is 44.6 Å². The molecule has 2 unspecified atom stereocenters. The van der Waals surface area contributed by atoms with Crippen molar-refractivity contribution in [2.45, 2.75) is 12.2 Å². The molecule has 3 heterocycles. The average molecular weight is 488 g/mol. The quantitative estimate of drug-likeness (QED) is 0.186. The van der Waals surface area contributed by atoms with E-state index in [9.17, 15) is 0 Å². The van der Waals surface area contributed by atoms with Crippen LogP contribution in [0.5, 0.6) is 11.5 Å². The number of nitrogens with two attached hydrogens (primary N) is 1. The molecule has 2 atom stereocenters. The molecule has 6 N–H and O–H groups in total. The van der Waals surface area contributed by atoms with Crippen LogP contribution >= 0.6 is 0 Å². The summed E-state index contributed by atoms with van der Waals surface area (Å²) >= 11 is 0. The summed E-state index contributed by atoms with van der Waals surface area (Å²) in [6, 6.07) is 16.9. The Kier molecular flexibility index (Phi) is 4.52. The summed E-state index contributed by atoms with van der Waals surface area (Å²) < 4.78 is 12.6. The molecule has 0 saturated heterocycles. The van der Waals surface area contributed by atoms with Crippen LogP contribution in [0.25, 0.3) is 39.0 Å². The van der Waals surface area contributed by atoms with Crippen LogP contribution in [0.2, 0.25) is 0 Å². The summed E-state index contributed by atoms with van der Waals surface area (Å²) in [5, 5.41) is 15.1. The van der Waals surface area contributed by atoms with Crippen molar-refractivity contribution in [1.29, 1.82) is 10.8 Å². The maximum Gasteiger partial charge on any atom is 0.163 e. The van der Waals surface area contributed by atoms with Gasteiger partial charge in [-0.2, -0.15) is 0 Å². The number of nitrogens with one attached hydrogen (secondary N) is 4. The lowest BCUT2D eigenvalue weighted by atomic mass is 10.0. The molecule has 37 heavy (non-hydrogen) atoms. The summed E-state index contributed by atoms with van der Waals surface area (Å²) in [7, 11) is 0. The summed E-state index contributed by atoms with van der Waals surface area (Å²) in [5.74, 6) is 2.75. The molecule has 9 heteroatoms. The van der Waals surface area contributed by atoms with Gasteiger partial charge in [0.2, 0.25) is 0 Å². The van der Waals surface area contributed by atoms with Crippen molar-refractivity contribution in [2.75, 3.05) is 0 Å². The highest BCUT2D eigenvalue weighted by molar-refractivity contribution is 5.98. The predicted octanol–water partition coefficient (Wildman–Crippen LogP) is 4.55. The van der Waals surface area contributed by atoms with Gasteiger partial charge in [0.25, 0.3) is 0 Å². The minimum atomic E-state index is -0.324. The Balaban J connectivity index is 1.19. The van der Waals surface area contributed by atoms with Gasteiger partial charge < -0.3 is 30.6 Å². The van der Waals surface area contributed by atoms with E-state index in [-0.39, 0.29) is 18.0 Å². The van der Waals surface area contributed by atoms with Crippen LogP contribution in [0.15, 0.2) is 72.8 Å². The molecule has 3 aromatic carbocycles. The van der Waals surface area contributed by atoms with Crippen molar-refractivity contribution in [3.63, 3.8) is 0 Å². The van der Waals surface area contributed by atoms with Gasteiger partial charge in [0, 0.05) is 22.9 Å². The largest absolute Gasteiger partial charge is 0.478 e. The molecule has 0 radical (unpaired) electrons. The number of hydrogen-bond acceptors (Lipinski definition) is 6. The Hall–Kier alpha value is -5.18. The molecule has 1 aliphatic heterocycles. The minimum Gasteiger partial charge on any atom is -0.478 e. The van der Waals surface area contributed by atoms with Gasteiger partial charge in [-0.25, -0.2) is 9.97 Å². The Morgan fingerprint density at radius 3 is 2.46 bits per heavy atom. The average Bonchev–Trinajstić information content (AvgIpc) is 3.54. The second-order valence-corrected chi connectivity index (χ2v) is 9.04. The molecule has 0 bridgehead atoms. The van der Waals surface area contributed by atoms with Crippen molar-refractivity contribution in [3.05, 3.63) is 89.8 Å². The number of hydrogen-bond donors (Lipinski definition) is 5. The van der Waals surface area contributed by atoms with Crippen LogP contribution in [0.4, 0.5) is 0 Å². The fourth-order valence-corrected chi connectivity index (χ4v) is 4.70. The van der Waals surface area contributed by atoms with E-state index in [2.05, 4.69) is 9.97 Å². The third kappa shape index (κ3) is 3.56. The van der Waals surface area contributed by atoms with Gasteiger partial charge in [0.1, 0.15) is 17.5 Å². The van der Waals surface area contributed by atoms with Crippen LogP contribution in [0.3, 0.4) is 0 Å². The maximum absolute atomic E-state index is 7.66. The number of H-pyrrole nitrogens is 2. The van der Waals surface area contributed by atoms with Gasteiger partial charge in [-0.3, -0.25) is 5.41 Å². The van der Waals surface area contributed by atoms with Crippen LogP contribution in [0, 0.1) is 10.8 Å². The van der Waals surface area contributed by atoms with Crippen molar-refractivity contribution < 1.29 is 9.47 Å². The van der Waals surface area contributed by atoms with Crippen LogP contribution in [-0.4, -0.2) is 44.2 Å². The van der Waals surface area contributed by atoms with Gasteiger partial charge in [0.05, 0.1) is 22.1 Å². The fourth-order valence-electron chi connectivity index (χ4n) is 4.70. The van der Waals surface area contributed by atoms with E-state index < -0.39 is 0 Å². The number of nitrogens with zero attached hydrogens (tertiary/aromatic N) is 2. The van der Waals surface area contributed by atoms with E-state index in [4.69, 9.17) is 36.0 Å². The number of benzene rings is 3. The van der Waals surface area contributed by atoms with Gasteiger partial charge >= 0.3 is 0 Å². The molecule has 1 aliphatic carbocycles. The summed E-state index contributed by atoms with van der Waals surface area (Å²) in [6.07, 6.45) is 6.69. The lowest BCUT2D eigenvalue weighted by Gasteiger charge is -2.33. The van der Waals surface area contributed by atoms with E-state index >= 15 is 0 Å². The molecular weight excluding hydrogens is 466 g/mol. The SMILES string of the molecule is N=Cc1ccc2[nH]c(-c3ccc4c(c3)OC3C=C(c5nc6cc(C(=N)N)ccc6[nH]5)C=CC3O4)nc2c1. The molecule has 0 fully saturated rings. The van der Waals surface area contributed by atoms with Gasteiger partial charge in [0.15, 0.2) is 23.7 Å². The first-order valence-corrected chi connectivity index (χ1v) is 11.8. The number of amidine groups is 1. The molecule has 0 saturated carbocycles. The smallest absolute Gasteiger partial charge is 0.163 e. The third-order valence-corrected chi connectivity index (χ3v) is 6.62. The molecule has 5 aromatic rings. The number of imidazole rings is 2. The number of aromatic amines is 2. The number of rotatable bonds is 4. The Morgan fingerprint density at radius 1 is 0.865 bits per heavy atom. The number of allylic oxidation sites excluding steroid dienone is 2. The number of ether oxygens (including phenoxy) is 2. The Labute approximate surface area is 210 Å². The summed E-state index contributed by atoms with van der Waals surface area (Å²) in [6.45, 7) is 0. The standard InChI is InChI=1S/C28H21N7O2/c29-13-14-1-5-18-20(9-14)34-27(32-18)16-3-7-22-24(11-16)37-25-12-17(4-8-23(25)36-22)28-33-19-6-2-15(26(30)31)10-21(19)35-28/h1-13,23,25,29H,(H3,30,31)(H,32,34)(H,33,35). The van der Waals surface area contributed by atoms with E-state index in [1.807, 2.05) is 60.7 Å². The second kappa shape index (κ2) is 7.92.